The lowest BCUT2D eigenvalue weighted by Gasteiger charge is -2.26. The van der Waals surface area contributed by atoms with Gasteiger partial charge in [0, 0.05) is 12.8 Å². The van der Waals surface area contributed by atoms with E-state index in [0.717, 1.165) is 0 Å². The summed E-state index contributed by atoms with van der Waals surface area (Å²) in [5, 5.41) is 35.6. The summed E-state index contributed by atoms with van der Waals surface area (Å²) >= 11 is 0. The Kier molecular flexibility index (Phi) is 12.5. The third-order valence-corrected chi connectivity index (χ3v) is 5.31. The molecular weight excluding hydrogens is 472 g/mol. The highest BCUT2D eigenvalue weighted by Gasteiger charge is 2.32. The van der Waals surface area contributed by atoms with Crippen molar-refractivity contribution in [2.45, 2.75) is 76.7 Å². The summed E-state index contributed by atoms with van der Waals surface area (Å²) in [5.41, 5.74) is 6.36. The van der Waals surface area contributed by atoms with Gasteiger partial charge in [-0.1, -0.05) is 44.2 Å². The number of benzene rings is 1. The molecule has 0 fully saturated rings. The Morgan fingerprint density at radius 1 is 0.861 bits per heavy atom. The molecule has 1 aromatic carbocycles. The maximum atomic E-state index is 13.0. The number of carbonyl (C=O) groups is 5. The Bertz CT molecular complexity index is 907. The number of rotatable bonds is 15. The molecule has 8 N–H and O–H groups in total. The van der Waals surface area contributed by atoms with Crippen LogP contribution in [0.15, 0.2) is 30.3 Å². The van der Waals surface area contributed by atoms with Gasteiger partial charge >= 0.3 is 11.9 Å². The molecule has 0 spiro atoms. The molecule has 0 saturated heterocycles. The Hall–Kier alpha value is -3.51. The first-order valence-corrected chi connectivity index (χ1v) is 11.6. The number of hydrogen-bond donors (Lipinski definition) is 7. The van der Waals surface area contributed by atoms with Crippen LogP contribution in [-0.2, 0) is 30.4 Å². The number of nitrogens with one attached hydrogen (secondary N) is 3. The quantitative estimate of drug-likeness (QED) is 0.161. The van der Waals surface area contributed by atoms with E-state index in [1.165, 1.54) is 6.92 Å². The van der Waals surface area contributed by atoms with Crippen molar-refractivity contribution in [3.8, 4) is 0 Å². The molecule has 36 heavy (non-hydrogen) atoms. The highest BCUT2D eigenvalue weighted by molar-refractivity contribution is 5.94. The zero-order valence-electron chi connectivity index (χ0n) is 20.6. The average molecular weight is 509 g/mol. The summed E-state index contributed by atoms with van der Waals surface area (Å²) in [6, 6.07) is 3.59. The van der Waals surface area contributed by atoms with Crippen molar-refractivity contribution < 1.29 is 39.3 Å². The van der Waals surface area contributed by atoms with Crippen molar-refractivity contribution in [2.75, 3.05) is 0 Å². The number of carboxylic acids is 2. The van der Waals surface area contributed by atoms with E-state index in [9.17, 15) is 34.2 Å². The van der Waals surface area contributed by atoms with Crippen LogP contribution in [0, 0.1) is 5.92 Å². The van der Waals surface area contributed by atoms with Crippen LogP contribution in [0.5, 0.6) is 0 Å². The van der Waals surface area contributed by atoms with Crippen LogP contribution in [0.3, 0.4) is 0 Å². The molecular formula is C24H36N4O8. The van der Waals surface area contributed by atoms with E-state index in [1.54, 1.807) is 30.3 Å². The summed E-state index contributed by atoms with van der Waals surface area (Å²) in [6.07, 6.45) is -1.73. The van der Waals surface area contributed by atoms with Crippen molar-refractivity contribution in [1.29, 1.82) is 0 Å². The van der Waals surface area contributed by atoms with Gasteiger partial charge in [0.05, 0.1) is 12.1 Å². The van der Waals surface area contributed by atoms with Crippen molar-refractivity contribution in [2.24, 2.45) is 11.7 Å². The van der Waals surface area contributed by atoms with E-state index in [2.05, 4.69) is 16.0 Å². The second-order valence-corrected chi connectivity index (χ2v) is 9.05. The molecule has 5 unspecified atom stereocenters. The van der Waals surface area contributed by atoms with Gasteiger partial charge in [-0.3, -0.25) is 19.2 Å². The van der Waals surface area contributed by atoms with Crippen LogP contribution in [0.4, 0.5) is 0 Å². The molecule has 0 heterocycles. The number of hydrogen-bond acceptors (Lipinski definition) is 7. The molecule has 0 aliphatic heterocycles. The van der Waals surface area contributed by atoms with Crippen molar-refractivity contribution >= 4 is 29.7 Å². The lowest BCUT2D eigenvalue weighted by molar-refractivity contribution is -0.143. The Morgan fingerprint density at radius 2 is 1.44 bits per heavy atom. The predicted octanol–water partition coefficient (Wildman–Crippen LogP) is -0.613. The maximum absolute atomic E-state index is 13.0. The lowest BCUT2D eigenvalue weighted by Crippen LogP contribution is -2.60. The molecule has 1 rings (SSSR count). The number of nitrogens with two attached hydrogens (primary N) is 1. The summed E-state index contributed by atoms with van der Waals surface area (Å²) in [5.74, 6) is -4.86. The maximum Gasteiger partial charge on any atom is 0.326 e. The standard InChI is InChI=1S/C24H36N4O8/c1-13(2)11-18(24(35)36)27-22(33)17(12-15-7-5-4-6-8-15)26-23(34)20(14(3)29)28-21(32)16(25)9-10-19(30)31/h4-8,13-14,16-18,20,29H,9-12,25H2,1-3H3,(H,26,34)(H,27,33)(H,28,32)(H,30,31)(H,35,36). The van der Waals surface area contributed by atoms with Crippen LogP contribution in [0.2, 0.25) is 0 Å². The molecule has 200 valence electrons. The fraction of sp³-hybridized carbons (Fsp3) is 0.542. The van der Waals surface area contributed by atoms with Crippen LogP contribution >= 0.6 is 0 Å². The van der Waals surface area contributed by atoms with E-state index < -0.39 is 59.9 Å². The van der Waals surface area contributed by atoms with Crippen LogP contribution in [0.1, 0.15) is 45.6 Å². The molecule has 0 bridgehead atoms. The minimum Gasteiger partial charge on any atom is -0.481 e. The van der Waals surface area contributed by atoms with Crippen molar-refractivity contribution in [1.82, 2.24) is 16.0 Å². The number of aliphatic hydroxyl groups is 1. The number of aliphatic carboxylic acids is 2. The Balaban J connectivity index is 3.06. The third-order valence-electron chi connectivity index (χ3n) is 5.31. The normalized spacial score (nSPS) is 15.2. The lowest BCUT2D eigenvalue weighted by atomic mass is 10.0. The minimum absolute atomic E-state index is 0.0189. The van der Waals surface area contributed by atoms with E-state index in [-0.39, 0.29) is 31.6 Å². The molecule has 12 heteroatoms. The van der Waals surface area contributed by atoms with E-state index in [1.807, 2.05) is 13.8 Å². The molecule has 0 aromatic heterocycles. The zero-order chi connectivity index (χ0) is 27.4. The number of amides is 3. The van der Waals surface area contributed by atoms with Gasteiger partial charge in [0.1, 0.15) is 18.1 Å². The first-order chi connectivity index (χ1) is 16.8. The van der Waals surface area contributed by atoms with Crippen molar-refractivity contribution in [3.63, 3.8) is 0 Å². The Labute approximate surface area is 209 Å². The second kappa shape index (κ2) is 14.8. The topological polar surface area (TPSA) is 208 Å². The number of carbonyl (C=O) groups excluding carboxylic acids is 3. The van der Waals surface area contributed by atoms with E-state index in [0.29, 0.717) is 5.56 Å². The van der Waals surface area contributed by atoms with Gasteiger partial charge in [0.2, 0.25) is 17.7 Å². The van der Waals surface area contributed by atoms with Crippen LogP contribution in [0.25, 0.3) is 0 Å². The van der Waals surface area contributed by atoms with Crippen LogP contribution in [-0.4, -0.2) is 75.3 Å². The Morgan fingerprint density at radius 3 is 1.94 bits per heavy atom. The molecule has 0 saturated carbocycles. The summed E-state index contributed by atoms with van der Waals surface area (Å²) in [7, 11) is 0. The fourth-order valence-corrected chi connectivity index (χ4v) is 3.36. The molecule has 0 aliphatic carbocycles. The summed E-state index contributed by atoms with van der Waals surface area (Å²) in [4.78, 5) is 60.7. The first kappa shape index (κ1) is 30.5. The number of aliphatic hydroxyl groups excluding tert-OH is 1. The van der Waals surface area contributed by atoms with Gasteiger partial charge in [0.15, 0.2) is 0 Å². The molecule has 5 atom stereocenters. The van der Waals surface area contributed by atoms with Gasteiger partial charge in [-0.05, 0) is 31.2 Å². The zero-order valence-corrected chi connectivity index (χ0v) is 20.6. The molecule has 0 aliphatic rings. The largest absolute Gasteiger partial charge is 0.481 e. The highest BCUT2D eigenvalue weighted by atomic mass is 16.4. The van der Waals surface area contributed by atoms with E-state index in [4.69, 9.17) is 10.8 Å². The first-order valence-electron chi connectivity index (χ1n) is 11.6. The average Bonchev–Trinajstić information content (AvgIpc) is 2.79. The SMILES string of the molecule is CC(C)CC(NC(=O)C(Cc1ccccc1)NC(=O)C(NC(=O)C(N)CCC(=O)O)C(C)O)C(=O)O. The third kappa shape index (κ3) is 10.8. The fourth-order valence-electron chi connectivity index (χ4n) is 3.36. The monoisotopic (exact) mass is 508 g/mol. The van der Waals surface area contributed by atoms with E-state index >= 15 is 0 Å². The van der Waals surface area contributed by atoms with Gasteiger partial charge in [-0.25, -0.2) is 4.79 Å². The molecule has 0 radical (unpaired) electrons. The van der Waals surface area contributed by atoms with Gasteiger partial charge in [-0.2, -0.15) is 0 Å². The van der Waals surface area contributed by atoms with Crippen molar-refractivity contribution in [3.05, 3.63) is 35.9 Å². The van der Waals surface area contributed by atoms with Gasteiger partial charge in [0.25, 0.3) is 0 Å². The summed E-state index contributed by atoms with van der Waals surface area (Å²) in [6.45, 7) is 4.87. The number of carboxylic acid groups (broad SMARTS) is 2. The van der Waals surface area contributed by atoms with Gasteiger partial charge in [-0.15, -0.1) is 0 Å². The molecule has 3 amide bonds. The smallest absolute Gasteiger partial charge is 0.326 e. The molecule has 12 nitrogen and oxygen atoms in total. The molecule has 1 aromatic rings. The minimum atomic E-state index is -1.50. The van der Waals surface area contributed by atoms with Gasteiger partial charge < -0.3 is 37.0 Å². The predicted molar refractivity (Wildman–Crippen MR) is 130 cm³/mol. The second-order valence-electron chi connectivity index (χ2n) is 9.05. The van der Waals surface area contributed by atoms with Crippen LogP contribution < -0.4 is 21.7 Å². The highest BCUT2D eigenvalue weighted by Crippen LogP contribution is 2.09. The summed E-state index contributed by atoms with van der Waals surface area (Å²) < 4.78 is 0.